The maximum absolute atomic E-state index is 13.0. The second-order valence-corrected chi connectivity index (χ2v) is 11.3. The van der Waals surface area contributed by atoms with Crippen molar-refractivity contribution in [1.29, 1.82) is 0 Å². The Morgan fingerprint density at radius 2 is 1.81 bits per heavy atom. The van der Waals surface area contributed by atoms with E-state index in [0.29, 0.717) is 28.4 Å². The molecule has 0 atom stereocenters. The summed E-state index contributed by atoms with van der Waals surface area (Å²) in [5, 5.41) is 3.71. The number of carbonyl (C=O) groups excluding carboxylic acids is 1. The first-order valence-electron chi connectivity index (χ1n) is 11.1. The molecule has 0 spiro atoms. The Kier molecular flexibility index (Phi) is 4.69. The molecule has 6 heteroatoms. The van der Waals surface area contributed by atoms with E-state index in [1.165, 1.54) is 38.5 Å². The molecule has 1 N–H and O–H groups in total. The summed E-state index contributed by atoms with van der Waals surface area (Å²) in [4.78, 5) is 17.6. The van der Waals surface area contributed by atoms with Crippen LogP contribution in [0.1, 0.15) is 44.9 Å². The fourth-order valence-corrected chi connectivity index (χ4v) is 7.39. The van der Waals surface area contributed by atoms with E-state index in [1.54, 1.807) is 0 Å². The SMILES string of the molecule is O=C(CC12CC3CC(CC(C3)C1)C2)Nc1ccc2oc(-c3cc(Br)ccc3Cl)nc2c1. The summed E-state index contributed by atoms with van der Waals surface area (Å²) in [6, 6.07) is 11.2. The Morgan fingerprint density at radius 1 is 1.10 bits per heavy atom. The zero-order chi connectivity index (χ0) is 21.2. The Hall–Kier alpha value is -1.85. The highest BCUT2D eigenvalue weighted by Gasteiger charge is 2.51. The first-order valence-corrected chi connectivity index (χ1v) is 12.3. The van der Waals surface area contributed by atoms with E-state index in [0.717, 1.165) is 33.5 Å². The summed E-state index contributed by atoms with van der Waals surface area (Å²) in [7, 11) is 0. The number of amides is 1. The number of halogens is 2. The van der Waals surface area contributed by atoms with Crippen LogP contribution in [0.15, 0.2) is 45.3 Å². The van der Waals surface area contributed by atoms with Crippen LogP contribution in [-0.2, 0) is 4.79 Å². The van der Waals surface area contributed by atoms with Crippen LogP contribution in [0, 0.1) is 23.2 Å². The van der Waals surface area contributed by atoms with Crippen LogP contribution >= 0.6 is 27.5 Å². The van der Waals surface area contributed by atoms with Crippen molar-refractivity contribution in [2.75, 3.05) is 5.32 Å². The third kappa shape index (κ3) is 3.70. The second kappa shape index (κ2) is 7.35. The number of carbonyl (C=O) groups is 1. The Labute approximate surface area is 194 Å². The van der Waals surface area contributed by atoms with Crippen molar-refractivity contribution in [2.24, 2.45) is 23.2 Å². The van der Waals surface area contributed by atoms with E-state index in [2.05, 4.69) is 26.2 Å². The molecule has 1 amide bonds. The highest BCUT2D eigenvalue weighted by Crippen LogP contribution is 2.61. The number of nitrogens with zero attached hydrogens (tertiary/aromatic N) is 1. The number of oxazole rings is 1. The number of anilines is 1. The van der Waals surface area contributed by atoms with Crippen molar-refractivity contribution in [3.8, 4) is 11.5 Å². The topological polar surface area (TPSA) is 55.1 Å². The van der Waals surface area contributed by atoms with Gasteiger partial charge in [-0.25, -0.2) is 4.98 Å². The number of hydrogen-bond acceptors (Lipinski definition) is 3. The van der Waals surface area contributed by atoms with Crippen LogP contribution in [0.3, 0.4) is 0 Å². The van der Waals surface area contributed by atoms with Gasteiger partial charge in [0.1, 0.15) is 5.52 Å². The summed E-state index contributed by atoms with van der Waals surface area (Å²) in [6.45, 7) is 0. The molecule has 1 heterocycles. The van der Waals surface area contributed by atoms with E-state index >= 15 is 0 Å². The molecule has 4 saturated carbocycles. The minimum atomic E-state index is 0.125. The molecule has 2 aromatic carbocycles. The Morgan fingerprint density at radius 3 is 2.52 bits per heavy atom. The first kappa shape index (κ1) is 19.8. The van der Waals surface area contributed by atoms with E-state index in [9.17, 15) is 4.79 Å². The van der Waals surface area contributed by atoms with Gasteiger partial charge in [-0.2, -0.15) is 0 Å². The number of rotatable bonds is 4. The van der Waals surface area contributed by atoms with Gasteiger partial charge in [0.05, 0.1) is 10.6 Å². The van der Waals surface area contributed by atoms with Gasteiger partial charge < -0.3 is 9.73 Å². The zero-order valence-electron chi connectivity index (χ0n) is 17.2. The highest BCUT2D eigenvalue weighted by atomic mass is 79.9. The van der Waals surface area contributed by atoms with Gasteiger partial charge in [-0.1, -0.05) is 27.5 Å². The van der Waals surface area contributed by atoms with E-state index < -0.39 is 0 Å². The molecule has 0 saturated heterocycles. The van der Waals surface area contributed by atoms with E-state index in [-0.39, 0.29) is 11.3 Å². The number of fused-ring (bicyclic) bond motifs is 1. The second-order valence-electron chi connectivity index (χ2n) is 9.97. The molecule has 3 aromatic rings. The molecule has 7 rings (SSSR count). The van der Waals surface area contributed by atoms with Gasteiger partial charge in [0.25, 0.3) is 0 Å². The molecule has 160 valence electrons. The lowest BCUT2D eigenvalue weighted by atomic mass is 9.49. The maximum atomic E-state index is 13.0. The minimum Gasteiger partial charge on any atom is -0.436 e. The summed E-state index contributed by atoms with van der Waals surface area (Å²) in [6.07, 6.45) is 8.56. The molecule has 4 nitrogen and oxygen atoms in total. The molecule has 0 radical (unpaired) electrons. The standard InChI is InChI=1S/C25H24BrClN2O2/c26-17-1-3-20(27)19(8-17)24-29-21-9-18(2-4-22(21)31-24)28-23(30)13-25-10-14-5-15(11-25)7-16(6-14)12-25/h1-4,8-9,14-16H,5-7,10-13H2,(H,28,30). The quantitative estimate of drug-likeness (QED) is 0.405. The Bertz CT molecular complexity index is 1150. The lowest BCUT2D eigenvalue weighted by molar-refractivity contribution is -0.124. The molecule has 0 aliphatic heterocycles. The maximum Gasteiger partial charge on any atom is 0.228 e. The lowest BCUT2D eigenvalue weighted by Gasteiger charge is -2.56. The largest absolute Gasteiger partial charge is 0.436 e. The minimum absolute atomic E-state index is 0.125. The number of nitrogens with one attached hydrogen (secondary N) is 1. The van der Waals surface area contributed by atoms with Gasteiger partial charge >= 0.3 is 0 Å². The molecular formula is C25H24BrClN2O2. The van der Waals surface area contributed by atoms with Gasteiger partial charge in [-0.15, -0.1) is 0 Å². The molecule has 31 heavy (non-hydrogen) atoms. The average Bonchev–Trinajstić information content (AvgIpc) is 3.11. The van der Waals surface area contributed by atoms with Gasteiger partial charge in [0, 0.05) is 16.6 Å². The molecule has 4 bridgehead atoms. The van der Waals surface area contributed by atoms with Crippen molar-refractivity contribution < 1.29 is 9.21 Å². The molecular weight excluding hydrogens is 476 g/mol. The summed E-state index contributed by atoms with van der Waals surface area (Å²) in [5.41, 5.74) is 3.12. The van der Waals surface area contributed by atoms with Crippen LogP contribution in [0.4, 0.5) is 5.69 Å². The van der Waals surface area contributed by atoms with Crippen molar-refractivity contribution in [1.82, 2.24) is 4.98 Å². The third-order valence-electron chi connectivity index (χ3n) is 7.53. The summed E-state index contributed by atoms with van der Waals surface area (Å²) >= 11 is 9.79. The van der Waals surface area contributed by atoms with Crippen molar-refractivity contribution in [2.45, 2.75) is 44.9 Å². The normalized spacial score (nSPS) is 28.9. The zero-order valence-corrected chi connectivity index (χ0v) is 19.5. The van der Waals surface area contributed by atoms with E-state index in [1.807, 2.05) is 36.4 Å². The van der Waals surface area contributed by atoms with Crippen molar-refractivity contribution in [3.05, 3.63) is 45.9 Å². The summed E-state index contributed by atoms with van der Waals surface area (Å²) in [5.74, 6) is 3.16. The number of aromatic nitrogens is 1. The van der Waals surface area contributed by atoms with Crippen LogP contribution in [0.25, 0.3) is 22.6 Å². The predicted molar refractivity (Wildman–Crippen MR) is 126 cm³/mol. The Balaban J connectivity index is 1.21. The molecule has 4 aliphatic rings. The smallest absolute Gasteiger partial charge is 0.228 e. The number of hydrogen-bond donors (Lipinski definition) is 1. The van der Waals surface area contributed by atoms with Gasteiger partial charge in [-0.3, -0.25) is 4.79 Å². The van der Waals surface area contributed by atoms with Crippen LogP contribution in [-0.4, -0.2) is 10.9 Å². The van der Waals surface area contributed by atoms with Crippen LogP contribution in [0.5, 0.6) is 0 Å². The predicted octanol–water partition coefficient (Wildman–Crippen LogP) is 7.46. The number of benzene rings is 2. The highest BCUT2D eigenvalue weighted by molar-refractivity contribution is 9.10. The molecule has 1 aromatic heterocycles. The van der Waals surface area contributed by atoms with Crippen molar-refractivity contribution in [3.63, 3.8) is 0 Å². The van der Waals surface area contributed by atoms with Gasteiger partial charge in [-0.05, 0) is 98.1 Å². The molecule has 4 fully saturated rings. The fourth-order valence-electron chi connectivity index (χ4n) is 6.83. The van der Waals surface area contributed by atoms with Gasteiger partial charge in [0.15, 0.2) is 5.58 Å². The van der Waals surface area contributed by atoms with Crippen LogP contribution < -0.4 is 5.32 Å². The monoisotopic (exact) mass is 498 g/mol. The lowest BCUT2D eigenvalue weighted by Crippen LogP contribution is -2.47. The van der Waals surface area contributed by atoms with Gasteiger partial charge in [0.2, 0.25) is 11.8 Å². The third-order valence-corrected chi connectivity index (χ3v) is 8.35. The van der Waals surface area contributed by atoms with Crippen LogP contribution in [0.2, 0.25) is 5.02 Å². The van der Waals surface area contributed by atoms with E-state index in [4.69, 9.17) is 16.0 Å². The molecule has 0 unspecified atom stereocenters. The average molecular weight is 500 g/mol. The first-order chi connectivity index (χ1) is 14.9. The fraction of sp³-hybridized carbons (Fsp3) is 0.440. The van der Waals surface area contributed by atoms with Crippen molar-refractivity contribution >= 4 is 50.2 Å². The summed E-state index contributed by atoms with van der Waals surface area (Å²) < 4.78 is 6.82. The molecule has 4 aliphatic carbocycles.